The van der Waals surface area contributed by atoms with Crippen molar-refractivity contribution in [3.05, 3.63) is 83.9 Å². The molecule has 1 unspecified atom stereocenters. The molecule has 2 saturated heterocycles. The van der Waals surface area contributed by atoms with Crippen LogP contribution >= 0.6 is 0 Å². The molecule has 2 fully saturated rings. The molecule has 1 spiro atoms. The van der Waals surface area contributed by atoms with Gasteiger partial charge in [-0.15, -0.1) is 0 Å². The number of hydrogen-bond acceptors (Lipinski definition) is 5. The Labute approximate surface area is 192 Å². The smallest absolute Gasteiger partial charge is 0.312 e. The summed E-state index contributed by atoms with van der Waals surface area (Å²) in [6.07, 6.45) is 3.24. The van der Waals surface area contributed by atoms with Crippen LogP contribution in [0.1, 0.15) is 24.1 Å². The van der Waals surface area contributed by atoms with E-state index in [1.807, 2.05) is 72.8 Å². The zero-order valence-electron chi connectivity index (χ0n) is 18.3. The van der Waals surface area contributed by atoms with Crippen molar-refractivity contribution in [2.45, 2.75) is 31.2 Å². The molecule has 0 aromatic heterocycles. The Balaban J connectivity index is 1.44. The molecule has 33 heavy (non-hydrogen) atoms. The van der Waals surface area contributed by atoms with Gasteiger partial charge in [0.25, 0.3) is 0 Å². The number of nitrogens with one attached hydrogen (secondary N) is 1. The number of ether oxygens (including phenoxy) is 2. The van der Waals surface area contributed by atoms with Crippen molar-refractivity contribution < 1.29 is 23.9 Å². The van der Waals surface area contributed by atoms with Gasteiger partial charge in [-0.25, -0.2) is 0 Å². The van der Waals surface area contributed by atoms with Gasteiger partial charge in [-0.05, 0) is 18.1 Å². The molecule has 7 heteroatoms. The highest BCUT2D eigenvalue weighted by Crippen LogP contribution is 2.53. The Bertz CT molecular complexity index is 1090. The van der Waals surface area contributed by atoms with Crippen molar-refractivity contribution in [3.63, 3.8) is 0 Å². The standard InChI is InChI=1S/C26H26N2O5/c1-2-32-25(31)20-19-13-14-26(33-19)16-28(24(30)21(20)26)22(18-11-7-4-8-12-18)23(29)27-15-17-9-5-3-6-10-17/h3-14,19-22H,2,15-16H2,1H3,(H,27,29)/t19-,20+,21+,22?,26-/m1/s1. The van der Waals surface area contributed by atoms with Crippen molar-refractivity contribution in [1.82, 2.24) is 10.2 Å². The van der Waals surface area contributed by atoms with Gasteiger partial charge in [0.1, 0.15) is 17.6 Å². The number of esters is 1. The van der Waals surface area contributed by atoms with E-state index < -0.39 is 35.6 Å². The van der Waals surface area contributed by atoms with Crippen LogP contribution < -0.4 is 5.32 Å². The summed E-state index contributed by atoms with van der Waals surface area (Å²) in [5.41, 5.74) is 0.762. The highest BCUT2D eigenvalue weighted by atomic mass is 16.6. The highest BCUT2D eigenvalue weighted by molar-refractivity contribution is 5.95. The minimum atomic E-state index is -0.911. The van der Waals surface area contributed by atoms with Crippen LogP contribution in [0.2, 0.25) is 0 Å². The Morgan fingerprint density at radius 1 is 1.15 bits per heavy atom. The number of amides is 2. The van der Waals surface area contributed by atoms with Crippen molar-refractivity contribution >= 4 is 17.8 Å². The van der Waals surface area contributed by atoms with Crippen LogP contribution in [0, 0.1) is 11.8 Å². The average molecular weight is 447 g/mol. The van der Waals surface area contributed by atoms with E-state index in [-0.39, 0.29) is 25.0 Å². The number of rotatable bonds is 7. The lowest BCUT2D eigenvalue weighted by atomic mass is 9.77. The zero-order chi connectivity index (χ0) is 23.0. The second-order valence-electron chi connectivity index (χ2n) is 8.63. The van der Waals surface area contributed by atoms with Crippen LogP contribution in [0.5, 0.6) is 0 Å². The molecule has 0 radical (unpaired) electrons. The summed E-state index contributed by atoms with van der Waals surface area (Å²) >= 11 is 0. The van der Waals surface area contributed by atoms with Crippen LogP contribution in [0.4, 0.5) is 0 Å². The monoisotopic (exact) mass is 446 g/mol. The fourth-order valence-corrected chi connectivity index (χ4v) is 5.24. The van der Waals surface area contributed by atoms with Gasteiger partial charge in [0.15, 0.2) is 0 Å². The third-order valence-corrected chi connectivity index (χ3v) is 6.67. The number of nitrogens with zero attached hydrogens (tertiary/aromatic N) is 1. The molecule has 0 aliphatic carbocycles. The Hall–Kier alpha value is -3.45. The van der Waals surface area contributed by atoms with Gasteiger partial charge in [-0.2, -0.15) is 0 Å². The summed E-state index contributed by atoms with van der Waals surface area (Å²) in [7, 11) is 0. The van der Waals surface area contributed by atoms with Gasteiger partial charge < -0.3 is 19.7 Å². The lowest BCUT2D eigenvalue weighted by Gasteiger charge is -2.29. The molecule has 2 amide bonds. The first kappa shape index (κ1) is 21.4. The van der Waals surface area contributed by atoms with E-state index in [0.717, 1.165) is 5.56 Å². The lowest BCUT2D eigenvalue weighted by molar-refractivity contribution is -0.154. The van der Waals surface area contributed by atoms with E-state index in [1.54, 1.807) is 11.8 Å². The van der Waals surface area contributed by atoms with Crippen LogP contribution in [0.15, 0.2) is 72.8 Å². The number of carbonyl (C=O) groups is 3. The summed E-state index contributed by atoms with van der Waals surface area (Å²) in [6, 6.07) is 18.0. The first-order valence-corrected chi connectivity index (χ1v) is 11.2. The van der Waals surface area contributed by atoms with Gasteiger partial charge >= 0.3 is 5.97 Å². The van der Waals surface area contributed by atoms with Crippen LogP contribution in [0.3, 0.4) is 0 Å². The quantitative estimate of drug-likeness (QED) is 0.522. The van der Waals surface area contributed by atoms with Gasteiger partial charge in [-0.3, -0.25) is 14.4 Å². The molecule has 5 rings (SSSR count). The largest absolute Gasteiger partial charge is 0.466 e. The number of carbonyl (C=O) groups excluding carboxylic acids is 3. The molecule has 7 nitrogen and oxygen atoms in total. The van der Waals surface area contributed by atoms with Gasteiger partial charge in [-0.1, -0.05) is 72.8 Å². The number of benzene rings is 2. The fourth-order valence-electron chi connectivity index (χ4n) is 5.24. The zero-order valence-corrected chi connectivity index (χ0v) is 18.3. The third-order valence-electron chi connectivity index (χ3n) is 6.67. The number of fused-ring (bicyclic) bond motifs is 1. The molecule has 2 aromatic rings. The Morgan fingerprint density at radius 2 is 1.85 bits per heavy atom. The molecular formula is C26H26N2O5. The topological polar surface area (TPSA) is 84.9 Å². The molecule has 3 heterocycles. The maximum Gasteiger partial charge on any atom is 0.312 e. The first-order chi connectivity index (χ1) is 16.0. The van der Waals surface area contributed by atoms with E-state index in [9.17, 15) is 14.4 Å². The molecule has 3 aliphatic rings. The van der Waals surface area contributed by atoms with Gasteiger partial charge in [0, 0.05) is 6.54 Å². The van der Waals surface area contributed by atoms with Crippen molar-refractivity contribution in [3.8, 4) is 0 Å². The summed E-state index contributed by atoms with van der Waals surface area (Å²) in [5.74, 6) is -2.36. The van der Waals surface area contributed by atoms with Gasteiger partial charge in [0.05, 0.1) is 25.2 Å². The second kappa shape index (κ2) is 8.48. The average Bonchev–Trinajstić information content (AvgIpc) is 3.48. The number of likely N-dealkylation sites (tertiary alicyclic amines) is 1. The molecule has 5 atom stereocenters. The predicted molar refractivity (Wildman–Crippen MR) is 120 cm³/mol. The van der Waals surface area contributed by atoms with Gasteiger partial charge in [0.2, 0.25) is 11.8 Å². The molecule has 170 valence electrons. The summed E-state index contributed by atoms with van der Waals surface area (Å²) in [4.78, 5) is 41.4. The fraction of sp³-hybridized carbons (Fsp3) is 0.346. The Kier molecular flexibility index (Phi) is 5.50. The second-order valence-corrected chi connectivity index (χ2v) is 8.63. The van der Waals surface area contributed by atoms with E-state index in [0.29, 0.717) is 12.1 Å². The van der Waals surface area contributed by atoms with E-state index >= 15 is 0 Å². The SMILES string of the molecule is CCOC(=O)[C@@H]1[C@H]2C(=O)N(C(C(=O)NCc3ccccc3)c3ccccc3)C[C@]23C=C[C@H]1O3. The maximum absolute atomic E-state index is 13.7. The number of hydrogen-bond donors (Lipinski definition) is 1. The van der Waals surface area contributed by atoms with E-state index in [1.165, 1.54) is 0 Å². The highest BCUT2D eigenvalue weighted by Gasteiger charge is 2.68. The van der Waals surface area contributed by atoms with Crippen LogP contribution in [0.25, 0.3) is 0 Å². The third kappa shape index (κ3) is 3.62. The first-order valence-electron chi connectivity index (χ1n) is 11.2. The van der Waals surface area contributed by atoms with Crippen molar-refractivity contribution in [2.24, 2.45) is 11.8 Å². The summed E-state index contributed by atoms with van der Waals surface area (Å²) in [6.45, 7) is 2.53. The normalized spacial score (nSPS) is 28.0. The molecule has 2 aromatic carbocycles. The molecule has 3 aliphatic heterocycles. The molecule has 1 N–H and O–H groups in total. The van der Waals surface area contributed by atoms with Crippen LogP contribution in [-0.4, -0.2) is 47.5 Å². The van der Waals surface area contributed by atoms with E-state index in [2.05, 4.69) is 5.32 Å². The van der Waals surface area contributed by atoms with Crippen molar-refractivity contribution in [2.75, 3.05) is 13.2 Å². The molecule has 0 saturated carbocycles. The van der Waals surface area contributed by atoms with E-state index in [4.69, 9.17) is 9.47 Å². The molecular weight excluding hydrogens is 420 g/mol. The minimum absolute atomic E-state index is 0.206. The predicted octanol–water partition coefficient (Wildman–Crippen LogP) is 2.39. The Morgan fingerprint density at radius 3 is 2.55 bits per heavy atom. The van der Waals surface area contributed by atoms with Crippen LogP contribution in [-0.2, 0) is 30.4 Å². The molecule has 2 bridgehead atoms. The maximum atomic E-state index is 13.7. The van der Waals surface area contributed by atoms with Crippen molar-refractivity contribution in [1.29, 1.82) is 0 Å². The summed E-state index contributed by atoms with van der Waals surface area (Å²) in [5, 5.41) is 2.97. The summed E-state index contributed by atoms with van der Waals surface area (Å²) < 4.78 is 11.4. The lowest BCUT2D eigenvalue weighted by Crippen LogP contribution is -2.44. The minimum Gasteiger partial charge on any atom is -0.466 e.